The van der Waals surface area contributed by atoms with E-state index >= 15 is 0 Å². The van der Waals surface area contributed by atoms with Crippen LogP contribution >= 0.6 is 35.0 Å². The van der Waals surface area contributed by atoms with Gasteiger partial charge in [-0.1, -0.05) is 35.3 Å². The van der Waals surface area contributed by atoms with Crippen molar-refractivity contribution < 1.29 is 9.59 Å². The largest absolute Gasteiger partial charge is 0.323 e. The Balaban J connectivity index is 1.83. The third-order valence-corrected chi connectivity index (χ3v) is 5.41. The third-order valence-electron chi connectivity index (χ3n) is 3.58. The van der Waals surface area contributed by atoms with Gasteiger partial charge in [-0.15, -0.1) is 11.8 Å². The van der Waals surface area contributed by atoms with Crippen LogP contribution in [-0.4, -0.2) is 23.6 Å². The van der Waals surface area contributed by atoms with Gasteiger partial charge in [0.05, 0.1) is 21.6 Å². The molecule has 0 bridgehead atoms. The second-order valence-electron chi connectivity index (χ2n) is 5.32. The van der Waals surface area contributed by atoms with Crippen molar-refractivity contribution in [3.8, 4) is 0 Å². The first-order chi connectivity index (χ1) is 11.5. The summed E-state index contributed by atoms with van der Waals surface area (Å²) in [6.07, 6.45) is 0. The van der Waals surface area contributed by atoms with Gasteiger partial charge in [-0.3, -0.25) is 14.5 Å². The topological polar surface area (TPSA) is 49.4 Å². The molecule has 4 nitrogen and oxygen atoms in total. The molecular weight excluding hydrogens is 367 g/mol. The average Bonchev–Trinajstić information content (AvgIpc) is 2.56. The molecule has 124 valence electrons. The molecule has 1 atom stereocenters. The van der Waals surface area contributed by atoms with Crippen molar-refractivity contribution in [2.45, 2.75) is 17.1 Å². The van der Waals surface area contributed by atoms with E-state index in [1.807, 2.05) is 18.2 Å². The molecule has 0 aromatic heterocycles. The Hall–Kier alpha value is -1.69. The average molecular weight is 381 g/mol. The summed E-state index contributed by atoms with van der Waals surface area (Å²) in [4.78, 5) is 27.0. The molecule has 0 fully saturated rings. The number of fused-ring (bicyclic) bond motifs is 1. The molecule has 2 amide bonds. The van der Waals surface area contributed by atoms with Crippen molar-refractivity contribution in [1.29, 1.82) is 0 Å². The lowest BCUT2D eigenvalue weighted by Gasteiger charge is -2.31. The van der Waals surface area contributed by atoms with E-state index in [1.165, 1.54) is 16.7 Å². The zero-order chi connectivity index (χ0) is 17.3. The maximum absolute atomic E-state index is 12.9. The van der Waals surface area contributed by atoms with Crippen LogP contribution in [0, 0.1) is 0 Å². The van der Waals surface area contributed by atoms with E-state index in [0.29, 0.717) is 21.4 Å². The van der Waals surface area contributed by atoms with Crippen LogP contribution in [0.15, 0.2) is 47.4 Å². The molecule has 1 aliphatic rings. The summed E-state index contributed by atoms with van der Waals surface area (Å²) in [6, 6.07) is 12.4. The van der Waals surface area contributed by atoms with Gasteiger partial charge in [0.1, 0.15) is 6.54 Å². The Morgan fingerprint density at radius 1 is 1.25 bits per heavy atom. The van der Waals surface area contributed by atoms with Crippen LogP contribution in [0.25, 0.3) is 0 Å². The lowest BCUT2D eigenvalue weighted by Crippen LogP contribution is -2.45. The molecule has 7 heteroatoms. The molecule has 0 aliphatic carbocycles. The van der Waals surface area contributed by atoms with E-state index in [9.17, 15) is 9.59 Å². The molecule has 0 radical (unpaired) electrons. The second kappa shape index (κ2) is 7.05. The normalized spacial score (nSPS) is 14.8. The lowest BCUT2D eigenvalue weighted by molar-refractivity contribution is -0.121. The predicted octanol–water partition coefficient (Wildman–Crippen LogP) is 4.46. The fraction of sp³-hybridized carbons (Fsp3) is 0.176. The number of carbonyl (C=O) groups excluding carboxylic acids is 2. The molecular formula is C17H14Cl2N2O2S. The van der Waals surface area contributed by atoms with Crippen LogP contribution in [0.3, 0.4) is 0 Å². The van der Waals surface area contributed by atoms with Crippen molar-refractivity contribution >= 4 is 58.2 Å². The fourth-order valence-electron chi connectivity index (χ4n) is 2.46. The molecule has 1 N–H and O–H groups in total. The molecule has 0 spiro atoms. The standard InChI is InChI=1S/C17H14Cl2N2O2S/c1-10(24-15-8-11(18)6-7-12(15)19)17(23)21-9-16(22)20-13-4-2-3-5-14(13)21/h2-8,10H,9H2,1H3,(H,20,22)/t10-/m0/s1. The van der Waals surface area contributed by atoms with Crippen molar-refractivity contribution in [2.24, 2.45) is 0 Å². The fourth-order valence-corrected chi connectivity index (χ4v) is 3.93. The minimum atomic E-state index is -0.417. The van der Waals surface area contributed by atoms with Gasteiger partial charge in [0.15, 0.2) is 0 Å². The summed E-state index contributed by atoms with van der Waals surface area (Å²) in [5, 5.41) is 3.46. The highest BCUT2D eigenvalue weighted by Crippen LogP contribution is 2.35. The number of amides is 2. The Morgan fingerprint density at radius 2 is 2.00 bits per heavy atom. The van der Waals surface area contributed by atoms with E-state index in [2.05, 4.69) is 5.32 Å². The number of para-hydroxylation sites is 2. The molecule has 1 aliphatic heterocycles. The highest BCUT2D eigenvalue weighted by molar-refractivity contribution is 8.00. The van der Waals surface area contributed by atoms with Crippen LogP contribution < -0.4 is 10.2 Å². The number of anilines is 2. The summed E-state index contributed by atoms with van der Waals surface area (Å²) < 4.78 is 0. The number of halogens is 2. The van der Waals surface area contributed by atoms with Crippen LogP contribution in [-0.2, 0) is 9.59 Å². The van der Waals surface area contributed by atoms with Crippen molar-refractivity contribution in [3.05, 3.63) is 52.5 Å². The van der Waals surface area contributed by atoms with Gasteiger partial charge in [-0.05, 0) is 37.3 Å². The summed E-state index contributed by atoms with van der Waals surface area (Å²) in [5.41, 5.74) is 1.34. The summed E-state index contributed by atoms with van der Waals surface area (Å²) >= 11 is 13.5. The van der Waals surface area contributed by atoms with Gasteiger partial charge >= 0.3 is 0 Å². The van der Waals surface area contributed by atoms with Gasteiger partial charge in [0.25, 0.3) is 0 Å². The molecule has 0 unspecified atom stereocenters. The van der Waals surface area contributed by atoms with Gasteiger partial charge in [-0.25, -0.2) is 0 Å². The quantitative estimate of drug-likeness (QED) is 0.799. The van der Waals surface area contributed by atoms with E-state index in [1.54, 1.807) is 31.2 Å². The van der Waals surface area contributed by atoms with Gasteiger partial charge in [0.2, 0.25) is 11.8 Å². The van der Waals surface area contributed by atoms with Crippen LogP contribution in [0.5, 0.6) is 0 Å². The van der Waals surface area contributed by atoms with Gasteiger partial charge in [0, 0.05) is 9.92 Å². The first-order valence-electron chi connectivity index (χ1n) is 7.27. The van der Waals surface area contributed by atoms with Crippen LogP contribution in [0.4, 0.5) is 11.4 Å². The van der Waals surface area contributed by atoms with Gasteiger partial charge < -0.3 is 5.32 Å². The number of thioether (sulfide) groups is 1. The first-order valence-corrected chi connectivity index (χ1v) is 8.91. The number of hydrogen-bond donors (Lipinski definition) is 1. The van der Waals surface area contributed by atoms with Crippen molar-refractivity contribution in [1.82, 2.24) is 0 Å². The Bertz CT molecular complexity index is 813. The highest BCUT2D eigenvalue weighted by atomic mass is 35.5. The monoisotopic (exact) mass is 380 g/mol. The smallest absolute Gasteiger partial charge is 0.244 e. The minimum Gasteiger partial charge on any atom is -0.323 e. The highest BCUT2D eigenvalue weighted by Gasteiger charge is 2.30. The maximum atomic E-state index is 12.9. The number of hydrogen-bond acceptors (Lipinski definition) is 3. The molecule has 0 saturated heterocycles. The Kier molecular flexibility index (Phi) is 5.04. The summed E-state index contributed by atoms with van der Waals surface area (Å²) in [5.74, 6) is -0.363. The summed E-state index contributed by atoms with van der Waals surface area (Å²) in [6.45, 7) is 1.80. The second-order valence-corrected chi connectivity index (χ2v) is 7.55. The van der Waals surface area contributed by atoms with E-state index in [4.69, 9.17) is 23.2 Å². The number of benzene rings is 2. The number of nitrogens with zero attached hydrogens (tertiary/aromatic N) is 1. The number of rotatable bonds is 3. The zero-order valence-corrected chi connectivity index (χ0v) is 15.1. The summed E-state index contributed by atoms with van der Waals surface area (Å²) in [7, 11) is 0. The van der Waals surface area contributed by atoms with Crippen molar-refractivity contribution in [2.75, 3.05) is 16.8 Å². The van der Waals surface area contributed by atoms with Crippen molar-refractivity contribution in [3.63, 3.8) is 0 Å². The predicted molar refractivity (Wildman–Crippen MR) is 99.2 cm³/mol. The van der Waals surface area contributed by atoms with E-state index in [-0.39, 0.29) is 18.4 Å². The SMILES string of the molecule is C[C@H](Sc1cc(Cl)ccc1Cl)C(=O)N1CC(=O)Nc2ccccc21. The molecule has 24 heavy (non-hydrogen) atoms. The van der Waals surface area contributed by atoms with E-state index < -0.39 is 5.25 Å². The number of nitrogens with one attached hydrogen (secondary N) is 1. The van der Waals surface area contributed by atoms with Gasteiger partial charge in [-0.2, -0.15) is 0 Å². The lowest BCUT2D eigenvalue weighted by atomic mass is 10.2. The molecule has 0 saturated carbocycles. The Labute approximate surface area is 154 Å². The number of carbonyl (C=O) groups is 2. The van der Waals surface area contributed by atoms with Crippen LogP contribution in [0.1, 0.15) is 6.92 Å². The molecule has 2 aromatic rings. The third kappa shape index (κ3) is 3.53. The maximum Gasteiger partial charge on any atom is 0.244 e. The Morgan fingerprint density at radius 3 is 2.79 bits per heavy atom. The minimum absolute atomic E-state index is 0.00399. The molecule has 1 heterocycles. The van der Waals surface area contributed by atoms with E-state index in [0.717, 1.165) is 4.90 Å². The molecule has 3 rings (SSSR count). The molecule has 2 aromatic carbocycles. The zero-order valence-electron chi connectivity index (χ0n) is 12.8. The van der Waals surface area contributed by atoms with Crippen LogP contribution in [0.2, 0.25) is 10.0 Å². The first kappa shape index (κ1) is 17.1.